The molecule has 1 atom stereocenters. The third-order valence-corrected chi connectivity index (χ3v) is 7.31. The number of hydrogen-bond donors (Lipinski definition) is 1. The van der Waals surface area contributed by atoms with Crippen molar-refractivity contribution in [3.05, 3.63) is 0 Å². The van der Waals surface area contributed by atoms with Gasteiger partial charge in [0, 0.05) is 18.0 Å². The lowest BCUT2D eigenvalue weighted by Gasteiger charge is -2.52. The van der Waals surface area contributed by atoms with Gasteiger partial charge in [-0.05, 0) is 50.4 Å². The highest BCUT2D eigenvalue weighted by molar-refractivity contribution is 6.20. The Morgan fingerprint density at radius 1 is 1.08 bits per heavy atom. The number of hydrogen-bond acceptors (Lipinski definition) is 3. The molecule has 2 aliphatic carbocycles. The Bertz CT molecular complexity index is 521. The summed E-state index contributed by atoms with van der Waals surface area (Å²) in [6, 6.07) is 0.160. The van der Waals surface area contributed by atoms with E-state index in [1.807, 2.05) is 6.21 Å². The van der Waals surface area contributed by atoms with Crippen LogP contribution in [0.1, 0.15) is 64.2 Å². The molecular weight excluding hydrogens is 338 g/mol. The van der Waals surface area contributed by atoms with Gasteiger partial charge >= 0.3 is 6.03 Å². The maximum absolute atomic E-state index is 12.9. The van der Waals surface area contributed by atoms with Gasteiger partial charge < -0.3 is 10.0 Å². The van der Waals surface area contributed by atoms with Crippen LogP contribution in [0.15, 0.2) is 5.10 Å². The lowest BCUT2D eigenvalue weighted by Crippen LogP contribution is -2.68. The first-order chi connectivity index (χ1) is 12.1. The third-order valence-electron chi connectivity index (χ3n) is 6.87. The van der Waals surface area contributed by atoms with Gasteiger partial charge in [-0.2, -0.15) is 5.10 Å². The number of rotatable bonds is 2. The minimum atomic E-state index is -0.661. The average Bonchev–Trinajstić information content (AvgIpc) is 3.09. The fourth-order valence-corrected chi connectivity index (χ4v) is 5.52. The van der Waals surface area contributed by atoms with Crippen LogP contribution in [0.2, 0.25) is 0 Å². The highest BCUT2D eigenvalue weighted by Crippen LogP contribution is 2.40. The maximum atomic E-state index is 12.9. The summed E-state index contributed by atoms with van der Waals surface area (Å²) in [5.74, 6) is 0.863. The summed E-state index contributed by atoms with van der Waals surface area (Å²) in [6.45, 7) is 0.952. The topological polar surface area (TPSA) is 56.1 Å². The first-order valence-corrected chi connectivity index (χ1v) is 10.5. The number of amides is 2. The molecule has 140 valence electrons. The van der Waals surface area contributed by atoms with Crippen LogP contribution in [-0.2, 0) is 0 Å². The summed E-state index contributed by atoms with van der Waals surface area (Å²) in [6.07, 6.45) is 12.9. The second kappa shape index (κ2) is 7.07. The molecule has 0 aromatic heterocycles. The summed E-state index contributed by atoms with van der Waals surface area (Å²) < 4.78 is 0. The quantitative estimate of drug-likeness (QED) is 0.758. The van der Waals surface area contributed by atoms with Crippen LogP contribution in [0, 0.1) is 11.8 Å². The van der Waals surface area contributed by atoms with Crippen LogP contribution in [0.4, 0.5) is 4.79 Å². The standard InChI is InChI=1S/C19H30ClN3O2/c20-16-8-6-14(7-9-16)17-10-11-21-23(17)18(24)22-12-19(25,13-22)15-4-2-1-3-5-15/h11,14-17,25H,1-10,12-13H2/t14?,16?,17-/m0/s1. The van der Waals surface area contributed by atoms with Crippen molar-refractivity contribution in [2.45, 2.75) is 81.2 Å². The van der Waals surface area contributed by atoms with E-state index in [0.29, 0.717) is 30.3 Å². The van der Waals surface area contributed by atoms with Crippen LogP contribution in [0.3, 0.4) is 0 Å². The monoisotopic (exact) mass is 367 g/mol. The third kappa shape index (κ3) is 3.42. The number of likely N-dealkylation sites (tertiary alicyclic amines) is 1. The molecule has 0 unspecified atom stereocenters. The van der Waals surface area contributed by atoms with Crippen LogP contribution < -0.4 is 0 Å². The Labute approximate surface area is 155 Å². The summed E-state index contributed by atoms with van der Waals surface area (Å²) in [5.41, 5.74) is -0.661. The van der Waals surface area contributed by atoms with Crippen LogP contribution in [-0.4, -0.2) is 57.4 Å². The summed E-state index contributed by atoms with van der Waals surface area (Å²) >= 11 is 6.23. The molecule has 0 radical (unpaired) electrons. The van der Waals surface area contributed by atoms with Crippen molar-refractivity contribution in [3.8, 4) is 0 Å². The number of carbonyl (C=O) groups is 1. The molecule has 1 saturated heterocycles. The van der Waals surface area contributed by atoms with Gasteiger partial charge in [-0.25, -0.2) is 9.80 Å². The maximum Gasteiger partial charge on any atom is 0.340 e. The van der Waals surface area contributed by atoms with Gasteiger partial charge in [0.2, 0.25) is 0 Å². The molecule has 25 heavy (non-hydrogen) atoms. The molecule has 4 rings (SSSR count). The van der Waals surface area contributed by atoms with E-state index in [1.165, 1.54) is 19.3 Å². The number of aliphatic hydroxyl groups is 1. The first-order valence-electron chi connectivity index (χ1n) is 10.0. The van der Waals surface area contributed by atoms with Crippen molar-refractivity contribution < 1.29 is 9.90 Å². The van der Waals surface area contributed by atoms with Gasteiger partial charge in [0.05, 0.1) is 19.1 Å². The average molecular weight is 368 g/mol. The molecule has 2 saturated carbocycles. The molecule has 4 aliphatic rings. The highest BCUT2D eigenvalue weighted by Gasteiger charge is 2.51. The number of hydrazone groups is 1. The van der Waals surface area contributed by atoms with Gasteiger partial charge in [-0.15, -0.1) is 11.6 Å². The van der Waals surface area contributed by atoms with Gasteiger partial charge in [0.15, 0.2) is 0 Å². The van der Waals surface area contributed by atoms with Gasteiger partial charge in [-0.3, -0.25) is 0 Å². The number of β-amino-alcohol motifs (C(OH)–C–C–N with tert-alkyl or cyclic N) is 1. The van der Waals surface area contributed by atoms with Crippen molar-refractivity contribution >= 4 is 23.8 Å². The van der Waals surface area contributed by atoms with Gasteiger partial charge in [0.1, 0.15) is 5.60 Å². The fourth-order valence-electron chi connectivity index (χ4n) is 5.27. The Morgan fingerprint density at radius 2 is 1.76 bits per heavy atom. The zero-order valence-corrected chi connectivity index (χ0v) is 15.7. The van der Waals surface area contributed by atoms with Crippen molar-refractivity contribution in [2.75, 3.05) is 13.1 Å². The number of alkyl halides is 1. The second-order valence-corrected chi connectivity index (χ2v) is 9.15. The minimum absolute atomic E-state index is 0.0211. The molecule has 0 aromatic carbocycles. The molecule has 2 aliphatic heterocycles. The van der Waals surface area contributed by atoms with E-state index < -0.39 is 5.60 Å². The fraction of sp³-hybridized carbons (Fsp3) is 0.895. The molecule has 5 nitrogen and oxygen atoms in total. The Morgan fingerprint density at radius 3 is 2.44 bits per heavy atom. The van der Waals surface area contributed by atoms with Crippen molar-refractivity contribution in [1.29, 1.82) is 0 Å². The largest absolute Gasteiger partial charge is 0.386 e. The second-order valence-electron chi connectivity index (χ2n) is 8.53. The Balaban J connectivity index is 1.34. The van der Waals surface area contributed by atoms with E-state index in [4.69, 9.17) is 11.6 Å². The zero-order valence-electron chi connectivity index (χ0n) is 14.9. The molecule has 2 heterocycles. The zero-order chi connectivity index (χ0) is 17.4. The lowest BCUT2D eigenvalue weighted by atomic mass is 9.73. The van der Waals surface area contributed by atoms with Crippen molar-refractivity contribution in [3.63, 3.8) is 0 Å². The van der Waals surface area contributed by atoms with Crippen LogP contribution in [0.25, 0.3) is 0 Å². The molecule has 1 N–H and O–H groups in total. The minimum Gasteiger partial charge on any atom is -0.386 e. The van der Waals surface area contributed by atoms with Gasteiger partial charge in [0.25, 0.3) is 0 Å². The van der Waals surface area contributed by atoms with E-state index in [2.05, 4.69) is 5.10 Å². The molecule has 0 aromatic rings. The van der Waals surface area contributed by atoms with Crippen molar-refractivity contribution in [1.82, 2.24) is 9.91 Å². The molecular formula is C19H30ClN3O2. The van der Waals surface area contributed by atoms with E-state index in [9.17, 15) is 9.90 Å². The Kier molecular flexibility index (Phi) is 4.98. The SMILES string of the molecule is O=C(N1CC(O)(C2CCCCC2)C1)N1N=CC[C@H]1C1CCC(Cl)CC1. The number of halogens is 1. The van der Waals surface area contributed by atoms with E-state index in [-0.39, 0.29) is 12.1 Å². The van der Waals surface area contributed by atoms with Gasteiger partial charge in [-0.1, -0.05) is 19.3 Å². The van der Waals surface area contributed by atoms with E-state index in [1.54, 1.807) is 9.91 Å². The van der Waals surface area contributed by atoms with E-state index >= 15 is 0 Å². The normalized spacial score (nSPS) is 35.7. The van der Waals surface area contributed by atoms with Crippen molar-refractivity contribution in [2.24, 2.45) is 16.9 Å². The summed E-state index contributed by atoms with van der Waals surface area (Å²) in [5, 5.41) is 17.2. The molecule has 6 heteroatoms. The number of urea groups is 1. The molecule has 0 bridgehead atoms. The molecule has 3 fully saturated rings. The van der Waals surface area contributed by atoms with E-state index in [0.717, 1.165) is 44.9 Å². The molecule has 2 amide bonds. The smallest absolute Gasteiger partial charge is 0.340 e. The number of carbonyl (C=O) groups excluding carboxylic acids is 1. The summed E-state index contributed by atoms with van der Waals surface area (Å²) in [7, 11) is 0. The number of nitrogens with zero attached hydrogens (tertiary/aromatic N) is 3. The Hall–Kier alpha value is -0.810. The highest BCUT2D eigenvalue weighted by atomic mass is 35.5. The van der Waals surface area contributed by atoms with Crippen LogP contribution in [0.5, 0.6) is 0 Å². The predicted molar refractivity (Wildman–Crippen MR) is 98.8 cm³/mol. The first kappa shape index (κ1) is 17.6. The predicted octanol–water partition coefficient (Wildman–Crippen LogP) is 3.59. The molecule has 0 spiro atoms. The summed E-state index contributed by atoms with van der Waals surface area (Å²) in [4.78, 5) is 14.7. The lowest BCUT2D eigenvalue weighted by molar-refractivity contribution is -0.129. The van der Waals surface area contributed by atoms with Crippen LogP contribution >= 0.6 is 11.6 Å².